The van der Waals surface area contributed by atoms with E-state index in [2.05, 4.69) is 31.1 Å². The van der Waals surface area contributed by atoms with Crippen LogP contribution in [-0.4, -0.2) is 22.5 Å². The molecule has 0 aliphatic rings. The predicted octanol–water partition coefficient (Wildman–Crippen LogP) is 2.85. The van der Waals surface area contributed by atoms with Gasteiger partial charge in [0.05, 0.1) is 0 Å². The van der Waals surface area contributed by atoms with Crippen LogP contribution in [0.2, 0.25) is 0 Å². The van der Waals surface area contributed by atoms with E-state index in [1.165, 1.54) is 6.42 Å². The Kier molecular flexibility index (Phi) is 6.37. The molecule has 3 nitrogen and oxygen atoms in total. The van der Waals surface area contributed by atoms with E-state index in [0.717, 1.165) is 23.5 Å². The zero-order chi connectivity index (χ0) is 12.7. The second-order valence-electron chi connectivity index (χ2n) is 4.17. The van der Waals surface area contributed by atoms with Gasteiger partial charge in [-0.2, -0.15) is 11.8 Å². The van der Waals surface area contributed by atoms with Crippen molar-refractivity contribution < 1.29 is 0 Å². The van der Waals surface area contributed by atoms with Gasteiger partial charge >= 0.3 is 0 Å². The van der Waals surface area contributed by atoms with Crippen LogP contribution in [0.5, 0.6) is 0 Å². The predicted molar refractivity (Wildman–Crippen MR) is 77.3 cm³/mol. The molecule has 0 saturated heterocycles. The summed E-state index contributed by atoms with van der Waals surface area (Å²) in [5.41, 5.74) is 7.95. The van der Waals surface area contributed by atoms with Crippen molar-refractivity contribution in [1.29, 1.82) is 0 Å². The number of nitrogens with two attached hydrogens (primary N) is 1. The van der Waals surface area contributed by atoms with Crippen LogP contribution in [0.25, 0.3) is 0 Å². The third-order valence-electron chi connectivity index (χ3n) is 2.84. The van der Waals surface area contributed by atoms with Crippen LogP contribution in [0.3, 0.4) is 0 Å². The zero-order valence-corrected chi connectivity index (χ0v) is 11.8. The van der Waals surface area contributed by atoms with Gasteiger partial charge in [0.15, 0.2) is 0 Å². The van der Waals surface area contributed by atoms with Crippen molar-refractivity contribution in [2.45, 2.75) is 38.5 Å². The summed E-state index contributed by atoms with van der Waals surface area (Å²) in [6.45, 7) is 7.55. The first kappa shape index (κ1) is 14.3. The van der Waals surface area contributed by atoms with Gasteiger partial charge in [-0.05, 0) is 19.0 Å². The van der Waals surface area contributed by atoms with Crippen LogP contribution in [0.4, 0.5) is 5.69 Å². The van der Waals surface area contributed by atoms with E-state index in [9.17, 15) is 0 Å². The van der Waals surface area contributed by atoms with E-state index in [4.69, 9.17) is 5.73 Å². The van der Waals surface area contributed by atoms with E-state index >= 15 is 0 Å². The van der Waals surface area contributed by atoms with Crippen molar-refractivity contribution in [2.24, 2.45) is 0 Å². The summed E-state index contributed by atoms with van der Waals surface area (Å²) in [5.74, 6) is 1.04. The third-order valence-corrected chi connectivity index (χ3v) is 4.26. The summed E-state index contributed by atoms with van der Waals surface area (Å²) in [4.78, 5) is 4.17. The highest BCUT2D eigenvalue weighted by Crippen LogP contribution is 2.25. The summed E-state index contributed by atoms with van der Waals surface area (Å²) in [5, 5.41) is 4.17. The van der Waals surface area contributed by atoms with Gasteiger partial charge in [-0.25, -0.2) is 0 Å². The second-order valence-corrected chi connectivity index (χ2v) is 5.64. The molecule has 0 amide bonds. The molecule has 17 heavy (non-hydrogen) atoms. The van der Waals surface area contributed by atoms with Crippen molar-refractivity contribution in [2.75, 3.05) is 18.0 Å². The molecule has 0 aliphatic heterocycles. The lowest BCUT2D eigenvalue weighted by atomic mass is 10.1. The Labute approximate surface area is 109 Å². The monoisotopic (exact) mass is 253 g/mol. The van der Waals surface area contributed by atoms with Crippen LogP contribution >= 0.6 is 11.8 Å². The molecule has 0 aromatic carbocycles. The number of rotatable bonds is 7. The normalized spacial score (nSPS) is 14.5. The highest BCUT2D eigenvalue weighted by atomic mass is 32.2. The van der Waals surface area contributed by atoms with E-state index < -0.39 is 0 Å². The largest absolute Gasteiger partial charge is 0.398 e. The Balaban J connectivity index is 2.68. The first-order valence-electron chi connectivity index (χ1n) is 6.23. The summed E-state index contributed by atoms with van der Waals surface area (Å²) in [6.07, 6.45) is 4.81. The Morgan fingerprint density at radius 2 is 2.24 bits per heavy atom. The maximum atomic E-state index is 6.00. The maximum Gasteiger partial charge on any atom is 0.0447 e. The molecule has 1 heterocycles. The van der Waals surface area contributed by atoms with E-state index in [1.54, 1.807) is 6.20 Å². The molecule has 96 valence electrons. The van der Waals surface area contributed by atoms with Gasteiger partial charge in [-0.15, -0.1) is 0 Å². The van der Waals surface area contributed by atoms with Crippen molar-refractivity contribution in [3.8, 4) is 0 Å². The SMILES string of the molecule is CCNC(CSC(C)CC)c1cnccc1N. The highest BCUT2D eigenvalue weighted by molar-refractivity contribution is 7.99. The fourth-order valence-corrected chi connectivity index (χ4v) is 2.65. The minimum atomic E-state index is 0.299. The van der Waals surface area contributed by atoms with Gasteiger partial charge in [0.1, 0.15) is 0 Å². The number of hydrogen-bond acceptors (Lipinski definition) is 4. The summed E-state index contributed by atoms with van der Waals surface area (Å²) < 4.78 is 0. The number of nitrogens with zero attached hydrogens (tertiary/aromatic N) is 1. The summed E-state index contributed by atoms with van der Waals surface area (Å²) in [6, 6.07) is 2.17. The zero-order valence-electron chi connectivity index (χ0n) is 10.9. The minimum Gasteiger partial charge on any atom is -0.398 e. The average molecular weight is 253 g/mol. The number of aromatic nitrogens is 1. The smallest absolute Gasteiger partial charge is 0.0447 e. The van der Waals surface area contributed by atoms with Gasteiger partial charge in [0.25, 0.3) is 0 Å². The molecule has 0 bridgehead atoms. The molecule has 1 rings (SSSR count). The van der Waals surface area contributed by atoms with E-state index in [-0.39, 0.29) is 0 Å². The van der Waals surface area contributed by atoms with Crippen molar-refractivity contribution in [3.63, 3.8) is 0 Å². The number of nitrogen functional groups attached to an aromatic ring is 1. The summed E-state index contributed by atoms with van der Waals surface area (Å²) in [7, 11) is 0. The molecule has 0 radical (unpaired) electrons. The topological polar surface area (TPSA) is 50.9 Å². The lowest BCUT2D eigenvalue weighted by Gasteiger charge is -2.20. The highest BCUT2D eigenvalue weighted by Gasteiger charge is 2.14. The molecule has 1 aromatic rings. The number of hydrogen-bond donors (Lipinski definition) is 2. The Bertz CT molecular complexity index is 330. The number of anilines is 1. The first-order chi connectivity index (χ1) is 8.19. The lowest BCUT2D eigenvalue weighted by molar-refractivity contribution is 0.604. The Morgan fingerprint density at radius 1 is 1.47 bits per heavy atom. The van der Waals surface area contributed by atoms with Crippen molar-refractivity contribution in [1.82, 2.24) is 10.3 Å². The fourth-order valence-electron chi connectivity index (χ4n) is 1.59. The minimum absolute atomic E-state index is 0.299. The second kappa shape index (κ2) is 7.56. The Hall–Kier alpha value is -0.740. The molecule has 0 aliphatic carbocycles. The molecular formula is C13H23N3S. The van der Waals surface area contributed by atoms with Gasteiger partial charge < -0.3 is 11.1 Å². The van der Waals surface area contributed by atoms with Crippen LogP contribution in [0.15, 0.2) is 18.5 Å². The standard InChI is InChI=1S/C13H23N3S/c1-4-10(3)17-9-13(16-5-2)11-8-15-7-6-12(11)14/h6-8,10,13,16H,4-5,9H2,1-3H3,(H2,14,15). The molecule has 1 aromatic heterocycles. The number of nitrogens with one attached hydrogen (secondary N) is 1. The summed E-state index contributed by atoms with van der Waals surface area (Å²) >= 11 is 1.98. The lowest BCUT2D eigenvalue weighted by Crippen LogP contribution is -2.24. The molecule has 0 fully saturated rings. The fraction of sp³-hybridized carbons (Fsp3) is 0.615. The average Bonchev–Trinajstić information content (AvgIpc) is 2.35. The first-order valence-corrected chi connectivity index (χ1v) is 7.28. The van der Waals surface area contributed by atoms with Crippen LogP contribution in [0.1, 0.15) is 38.8 Å². The molecule has 0 spiro atoms. The van der Waals surface area contributed by atoms with Crippen molar-refractivity contribution >= 4 is 17.4 Å². The molecule has 3 N–H and O–H groups in total. The third kappa shape index (κ3) is 4.56. The number of thioether (sulfide) groups is 1. The molecule has 2 unspecified atom stereocenters. The van der Waals surface area contributed by atoms with Crippen molar-refractivity contribution in [3.05, 3.63) is 24.0 Å². The van der Waals surface area contributed by atoms with Gasteiger partial charge in [0.2, 0.25) is 0 Å². The maximum absolute atomic E-state index is 6.00. The van der Waals surface area contributed by atoms with Gasteiger partial charge in [0, 0.05) is 40.7 Å². The molecule has 4 heteroatoms. The number of pyridine rings is 1. The molecule has 0 saturated carbocycles. The Morgan fingerprint density at radius 3 is 2.82 bits per heavy atom. The van der Waals surface area contributed by atoms with E-state index in [1.807, 2.05) is 24.0 Å². The van der Waals surface area contributed by atoms with Gasteiger partial charge in [-0.3, -0.25) is 4.98 Å². The molecule has 2 atom stereocenters. The van der Waals surface area contributed by atoms with E-state index in [0.29, 0.717) is 11.3 Å². The van der Waals surface area contributed by atoms with Crippen LogP contribution < -0.4 is 11.1 Å². The van der Waals surface area contributed by atoms with Crippen LogP contribution in [0, 0.1) is 0 Å². The quantitative estimate of drug-likeness (QED) is 0.784. The van der Waals surface area contributed by atoms with Crippen LogP contribution in [-0.2, 0) is 0 Å². The molecular weight excluding hydrogens is 230 g/mol. The van der Waals surface area contributed by atoms with Gasteiger partial charge in [-0.1, -0.05) is 20.8 Å².